The number of aromatic nitrogens is 1. The Labute approximate surface area is 113 Å². The molecule has 1 aromatic rings. The smallest absolute Gasteiger partial charge is 0.234 e. The van der Waals surface area contributed by atoms with E-state index in [2.05, 4.69) is 15.6 Å². The first-order chi connectivity index (χ1) is 9.16. The summed E-state index contributed by atoms with van der Waals surface area (Å²) in [6.45, 7) is 4.11. The molecule has 0 saturated carbocycles. The summed E-state index contributed by atoms with van der Waals surface area (Å²) in [5.74, 6) is 0.608. The fraction of sp³-hybridized carbons (Fsp3) is 0.571. The van der Waals surface area contributed by atoms with Crippen LogP contribution in [0.1, 0.15) is 18.4 Å². The van der Waals surface area contributed by atoms with E-state index in [1.54, 1.807) is 13.3 Å². The molecule has 1 aliphatic rings. The fourth-order valence-corrected chi connectivity index (χ4v) is 2.41. The van der Waals surface area contributed by atoms with Gasteiger partial charge in [0.05, 0.1) is 12.0 Å². The van der Waals surface area contributed by atoms with Crippen LogP contribution in [0.25, 0.3) is 0 Å². The van der Waals surface area contributed by atoms with Crippen LogP contribution in [-0.4, -0.2) is 37.7 Å². The average molecular weight is 263 g/mol. The molecule has 0 aromatic carbocycles. The number of carbonyl (C=O) groups is 1. The van der Waals surface area contributed by atoms with Crippen molar-refractivity contribution in [1.82, 2.24) is 10.3 Å². The van der Waals surface area contributed by atoms with E-state index < -0.39 is 5.41 Å². The van der Waals surface area contributed by atoms with Crippen molar-refractivity contribution in [2.45, 2.75) is 19.8 Å². The number of methoxy groups -OCH3 is 1. The Balaban J connectivity index is 2.09. The van der Waals surface area contributed by atoms with Crippen molar-refractivity contribution in [2.75, 3.05) is 32.1 Å². The molecule has 0 spiro atoms. The van der Waals surface area contributed by atoms with Gasteiger partial charge in [-0.3, -0.25) is 4.79 Å². The molecule has 2 heterocycles. The van der Waals surface area contributed by atoms with Gasteiger partial charge in [-0.05, 0) is 44.5 Å². The van der Waals surface area contributed by atoms with Gasteiger partial charge in [-0.2, -0.15) is 0 Å². The highest BCUT2D eigenvalue weighted by atomic mass is 16.5. The molecule has 19 heavy (non-hydrogen) atoms. The normalized spacial score (nSPS) is 18.0. The zero-order valence-corrected chi connectivity index (χ0v) is 11.5. The third kappa shape index (κ3) is 3.30. The topological polar surface area (TPSA) is 63.2 Å². The molecule has 104 valence electrons. The Kier molecular flexibility index (Phi) is 4.50. The molecule has 0 bridgehead atoms. The van der Waals surface area contributed by atoms with Crippen LogP contribution in [0.2, 0.25) is 0 Å². The summed E-state index contributed by atoms with van der Waals surface area (Å²) in [7, 11) is 1.64. The second kappa shape index (κ2) is 6.12. The highest BCUT2D eigenvalue weighted by molar-refractivity contribution is 5.94. The maximum atomic E-state index is 12.5. The summed E-state index contributed by atoms with van der Waals surface area (Å²) in [4.78, 5) is 16.7. The second-order valence-corrected chi connectivity index (χ2v) is 5.14. The van der Waals surface area contributed by atoms with Gasteiger partial charge >= 0.3 is 0 Å². The van der Waals surface area contributed by atoms with Gasteiger partial charge in [-0.25, -0.2) is 4.98 Å². The molecule has 2 rings (SSSR count). The van der Waals surface area contributed by atoms with E-state index in [9.17, 15) is 4.79 Å². The van der Waals surface area contributed by atoms with Gasteiger partial charge in [0.2, 0.25) is 5.91 Å². The molecule has 1 aromatic heterocycles. The zero-order chi connectivity index (χ0) is 13.7. The Morgan fingerprint density at radius 1 is 1.47 bits per heavy atom. The lowest BCUT2D eigenvalue weighted by Crippen LogP contribution is -2.47. The minimum Gasteiger partial charge on any atom is -0.384 e. The average Bonchev–Trinajstić information content (AvgIpc) is 2.43. The molecule has 2 N–H and O–H groups in total. The van der Waals surface area contributed by atoms with Crippen LogP contribution >= 0.6 is 0 Å². The van der Waals surface area contributed by atoms with E-state index >= 15 is 0 Å². The van der Waals surface area contributed by atoms with Crippen molar-refractivity contribution < 1.29 is 9.53 Å². The van der Waals surface area contributed by atoms with Crippen LogP contribution < -0.4 is 10.6 Å². The van der Waals surface area contributed by atoms with Crippen molar-refractivity contribution in [1.29, 1.82) is 0 Å². The minimum absolute atomic E-state index is 0.00667. The van der Waals surface area contributed by atoms with E-state index in [4.69, 9.17) is 4.74 Å². The summed E-state index contributed by atoms with van der Waals surface area (Å²) in [6, 6.07) is 3.77. The summed E-state index contributed by atoms with van der Waals surface area (Å²) in [5, 5.41) is 6.18. The minimum atomic E-state index is -0.438. The van der Waals surface area contributed by atoms with Crippen LogP contribution in [0, 0.1) is 12.3 Å². The molecule has 0 unspecified atom stereocenters. The van der Waals surface area contributed by atoms with Crippen LogP contribution in [0.15, 0.2) is 18.3 Å². The van der Waals surface area contributed by atoms with Crippen LogP contribution in [-0.2, 0) is 9.53 Å². The number of rotatable bonds is 4. The van der Waals surface area contributed by atoms with Crippen LogP contribution in [0.5, 0.6) is 0 Å². The standard InChI is InChI=1S/C14H21N3O2/c1-11-3-4-12(16-9-11)17-13(18)14(10-19-2)5-7-15-8-6-14/h3-4,9,15H,5-8,10H2,1-2H3,(H,16,17,18). The summed E-state index contributed by atoms with van der Waals surface area (Å²) in [5.41, 5.74) is 0.638. The van der Waals surface area contributed by atoms with E-state index in [0.29, 0.717) is 12.4 Å². The maximum Gasteiger partial charge on any atom is 0.234 e. The van der Waals surface area contributed by atoms with E-state index in [1.807, 2.05) is 19.1 Å². The van der Waals surface area contributed by atoms with Gasteiger partial charge in [-0.15, -0.1) is 0 Å². The molecule has 1 amide bonds. The second-order valence-electron chi connectivity index (χ2n) is 5.14. The predicted molar refractivity (Wildman–Crippen MR) is 74.0 cm³/mol. The van der Waals surface area contributed by atoms with Gasteiger partial charge < -0.3 is 15.4 Å². The molecule has 1 fully saturated rings. The van der Waals surface area contributed by atoms with Gasteiger partial charge in [0, 0.05) is 13.3 Å². The quantitative estimate of drug-likeness (QED) is 0.860. The highest BCUT2D eigenvalue weighted by Gasteiger charge is 2.39. The summed E-state index contributed by atoms with van der Waals surface area (Å²) in [6.07, 6.45) is 3.33. The molecule has 5 heteroatoms. The Morgan fingerprint density at radius 2 is 2.21 bits per heavy atom. The maximum absolute atomic E-state index is 12.5. The molecule has 5 nitrogen and oxygen atoms in total. The number of hydrogen-bond donors (Lipinski definition) is 2. The lowest BCUT2D eigenvalue weighted by atomic mass is 9.78. The van der Waals surface area contributed by atoms with Crippen LogP contribution in [0.3, 0.4) is 0 Å². The largest absolute Gasteiger partial charge is 0.384 e. The van der Waals surface area contributed by atoms with Gasteiger partial charge in [0.25, 0.3) is 0 Å². The lowest BCUT2D eigenvalue weighted by molar-refractivity contribution is -0.130. The summed E-state index contributed by atoms with van der Waals surface area (Å²) >= 11 is 0. The number of piperidine rings is 1. The zero-order valence-electron chi connectivity index (χ0n) is 11.5. The number of hydrogen-bond acceptors (Lipinski definition) is 4. The first-order valence-electron chi connectivity index (χ1n) is 6.60. The lowest BCUT2D eigenvalue weighted by Gasteiger charge is -2.35. The number of pyridine rings is 1. The van der Waals surface area contributed by atoms with Crippen molar-refractivity contribution >= 4 is 11.7 Å². The molecule has 1 aliphatic heterocycles. The third-order valence-electron chi connectivity index (χ3n) is 3.62. The first-order valence-corrected chi connectivity index (χ1v) is 6.60. The van der Waals surface area contributed by atoms with E-state index in [1.165, 1.54) is 0 Å². The third-order valence-corrected chi connectivity index (χ3v) is 3.62. The molecular formula is C14H21N3O2. The number of anilines is 1. The fourth-order valence-electron chi connectivity index (χ4n) is 2.41. The monoisotopic (exact) mass is 263 g/mol. The number of aryl methyl sites for hydroxylation is 1. The molecule has 0 atom stereocenters. The number of nitrogens with zero attached hydrogens (tertiary/aromatic N) is 1. The first kappa shape index (κ1) is 14.0. The van der Waals surface area contributed by atoms with Crippen molar-refractivity contribution in [3.8, 4) is 0 Å². The number of nitrogens with one attached hydrogen (secondary N) is 2. The predicted octanol–water partition coefficient (Wildman–Crippen LogP) is 1.34. The van der Waals surface area contributed by atoms with Gasteiger partial charge in [0.15, 0.2) is 0 Å². The molecule has 0 aliphatic carbocycles. The molecule has 1 saturated heterocycles. The number of carbonyl (C=O) groups excluding carboxylic acids is 1. The van der Waals surface area contributed by atoms with Gasteiger partial charge in [-0.1, -0.05) is 6.07 Å². The van der Waals surface area contributed by atoms with E-state index in [0.717, 1.165) is 31.5 Å². The molecular weight excluding hydrogens is 242 g/mol. The number of amides is 1. The Hall–Kier alpha value is -1.46. The van der Waals surface area contributed by atoms with Gasteiger partial charge in [0.1, 0.15) is 5.82 Å². The van der Waals surface area contributed by atoms with Crippen molar-refractivity contribution in [3.63, 3.8) is 0 Å². The number of ether oxygens (including phenoxy) is 1. The summed E-state index contributed by atoms with van der Waals surface area (Å²) < 4.78 is 5.25. The Bertz CT molecular complexity index is 419. The van der Waals surface area contributed by atoms with Crippen LogP contribution in [0.4, 0.5) is 5.82 Å². The molecule has 0 radical (unpaired) electrons. The SMILES string of the molecule is COCC1(C(=O)Nc2ccc(C)cn2)CCNCC1. The van der Waals surface area contributed by atoms with E-state index in [-0.39, 0.29) is 5.91 Å². The highest BCUT2D eigenvalue weighted by Crippen LogP contribution is 2.30. The van der Waals surface area contributed by atoms with Crippen molar-refractivity contribution in [3.05, 3.63) is 23.9 Å². The Morgan fingerprint density at radius 3 is 2.79 bits per heavy atom. The van der Waals surface area contributed by atoms with Crippen molar-refractivity contribution in [2.24, 2.45) is 5.41 Å².